The molecule has 1 aliphatic carbocycles. The first-order chi connectivity index (χ1) is 19.9. The van der Waals surface area contributed by atoms with Crippen molar-refractivity contribution >= 4 is 80.5 Å². The minimum absolute atomic E-state index is 0. The Balaban J connectivity index is 0.00000484. The highest BCUT2D eigenvalue weighted by Gasteiger charge is 2.38. The van der Waals surface area contributed by atoms with Crippen molar-refractivity contribution in [1.82, 2.24) is 9.80 Å². The lowest BCUT2D eigenvalue weighted by molar-refractivity contribution is -0.133. The van der Waals surface area contributed by atoms with Gasteiger partial charge in [-0.25, -0.2) is 0 Å². The summed E-state index contributed by atoms with van der Waals surface area (Å²) in [4.78, 5) is 76.5. The third kappa shape index (κ3) is 8.43. The number of primary amides is 2. The number of anilines is 2. The van der Waals surface area contributed by atoms with Gasteiger partial charge in [0.15, 0.2) is 0 Å². The van der Waals surface area contributed by atoms with Crippen LogP contribution in [0.4, 0.5) is 11.4 Å². The smallest absolute Gasteiger partial charge is 0.237 e. The van der Waals surface area contributed by atoms with E-state index >= 15 is 0 Å². The molecule has 0 heterocycles. The van der Waals surface area contributed by atoms with Crippen molar-refractivity contribution in [3.8, 4) is 11.5 Å². The highest BCUT2D eigenvalue weighted by Crippen LogP contribution is 2.42. The molecule has 0 atom stereocenters. The largest absolute Gasteiger partial charge is 0.507 e. The van der Waals surface area contributed by atoms with Gasteiger partial charge in [0.05, 0.1) is 48.4 Å². The average Bonchev–Trinajstić information content (AvgIpc) is 2.94. The third-order valence-electron chi connectivity index (χ3n) is 6.42. The second-order valence-corrected chi connectivity index (χ2v) is 9.25. The van der Waals surface area contributed by atoms with E-state index in [0.29, 0.717) is 0 Å². The number of phenols is 2. The van der Waals surface area contributed by atoms with Gasteiger partial charge in [-0.1, -0.05) is 0 Å². The maximum atomic E-state index is 13.7. The zero-order valence-electron chi connectivity index (χ0n) is 23.3. The highest BCUT2D eigenvalue weighted by molar-refractivity contribution is 8.93. The van der Waals surface area contributed by atoms with Gasteiger partial charge in [-0.3, -0.25) is 28.8 Å². The summed E-state index contributed by atoms with van der Waals surface area (Å²) in [5.41, 5.74) is 20.5. The van der Waals surface area contributed by atoms with Crippen molar-refractivity contribution in [3.05, 3.63) is 46.5 Å². The second-order valence-electron chi connectivity index (χ2n) is 9.25. The summed E-state index contributed by atoms with van der Waals surface area (Å²) in [5.74, 6) is -5.12. The fraction of sp³-hybridized carbons (Fsp3) is 0.308. The maximum absolute atomic E-state index is 13.7. The number of nitrogens with zero attached hydrogens (tertiary/aromatic N) is 2. The number of amides is 4. The zero-order valence-corrected chi connectivity index (χ0v) is 26.8. The van der Waals surface area contributed by atoms with Crippen molar-refractivity contribution in [2.75, 3.05) is 63.0 Å². The molecule has 2 aromatic rings. The Labute approximate surface area is 272 Å². The quantitative estimate of drug-likeness (QED) is 0.0867. The van der Waals surface area contributed by atoms with Crippen LogP contribution in [0.3, 0.4) is 0 Å². The van der Waals surface area contributed by atoms with E-state index in [4.69, 9.17) is 22.9 Å². The molecule has 0 unspecified atom stereocenters. The summed E-state index contributed by atoms with van der Waals surface area (Å²) in [7, 11) is 0. The molecule has 12 N–H and O–H groups in total. The van der Waals surface area contributed by atoms with E-state index in [0.717, 1.165) is 21.9 Å². The minimum atomic E-state index is -0.764. The van der Waals surface area contributed by atoms with Crippen LogP contribution >= 0.6 is 34.0 Å². The molecule has 18 heteroatoms. The number of rotatable bonds is 14. The van der Waals surface area contributed by atoms with Crippen molar-refractivity contribution in [2.45, 2.75) is 0 Å². The van der Waals surface area contributed by atoms with Crippen LogP contribution < -0.4 is 33.6 Å². The first-order valence-electron chi connectivity index (χ1n) is 12.7. The SMILES string of the molecule is Br.Br.NCC(=O)N(CCNc1ccc(NCCN(CC(N)=O)C(=O)CN)c2c1C(=O)c1c(O)ccc(O)c1C2=O)CC(N)=O. The predicted octanol–water partition coefficient (Wildman–Crippen LogP) is -1.60. The van der Waals surface area contributed by atoms with Gasteiger partial charge in [-0.2, -0.15) is 0 Å². The average molecular weight is 746 g/mol. The summed E-state index contributed by atoms with van der Waals surface area (Å²) in [6.45, 7) is -1.49. The van der Waals surface area contributed by atoms with Crippen molar-refractivity contribution < 1.29 is 39.0 Å². The predicted molar refractivity (Wildman–Crippen MR) is 170 cm³/mol. The van der Waals surface area contributed by atoms with Crippen LogP contribution in [-0.2, 0) is 19.2 Å². The van der Waals surface area contributed by atoms with Gasteiger partial charge in [0.2, 0.25) is 35.2 Å². The number of carbonyl (C=O) groups excluding carboxylic acids is 6. The Morgan fingerprint density at radius 1 is 0.636 bits per heavy atom. The number of ketones is 2. The molecule has 2 aromatic carbocycles. The van der Waals surface area contributed by atoms with E-state index in [9.17, 15) is 39.0 Å². The first-order valence-corrected chi connectivity index (χ1v) is 12.7. The molecule has 4 amide bonds. The number of fused-ring (bicyclic) bond motifs is 2. The molecule has 0 aliphatic heterocycles. The van der Waals surface area contributed by atoms with Crippen LogP contribution in [0.1, 0.15) is 31.8 Å². The van der Waals surface area contributed by atoms with Crippen LogP contribution in [0.15, 0.2) is 24.3 Å². The van der Waals surface area contributed by atoms with Gasteiger partial charge in [-0.05, 0) is 24.3 Å². The summed E-state index contributed by atoms with van der Waals surface area (Å²) in [6.07, 6.45) is 0. The summed E-state index contributed by atoms with van der Waals surface area (Å²) in [6, 6.07) is 5.13. The molecule has 16 nitrogen and oxygen atoms in total. The number of carbonyl (C=O) groups is 6. The van der Waals surface area contributed by atoms with E-state index < -0.39 is 46.7 Å². The van der Waals surface area contributed by atoms with Crippen LogP contribution in [0, 0.1) is 0 Å². The molecule has 0 saturated carbocycles. The number of aromatic hydroxyl groups is 2. The third-order valence-corrected chi connectivity index (χ3v) is 6.42. The normalized spacial score (nSPS) is 11.2. The number of halogens is 2. The van der Waals surface area contributed by atoms with E-state index in [1.54, 1.807) is 0 Å². The van der Waals surface area contributed by atoms with Crippen molar-refractivity contribution in [3.63, 3.8) is 0 Å². The Bertz CT molecular complexity index is 1350. The van der Waals surface area contributed by atoms with Crippen LogP contribution in [0.2, 0.25) is 0 Å². The van der Waals surface area contributed by atoms with Gasteiger partial charge in [0, 0.05) is 37.6 Å². The van der Waals surface area contributed by atoms with E-state index in [2.05, 4.69) is 10.6 Å². The number of nitrogens with two attached hydrogens (primary N) is 4. The number of hydrogen-bond acceptors (Lipinski definition) is 12. The van der Waals surface area contributed by atoms with Gasteiger partial charge >= 0.3 is 0 Å². The van der Waals surface area contributed by atoms with Crippen LogP contribution in [-0.4, -0.2) is 108 Å². The molecule has 0 fully saturated rings. The number of phenolic OH excluding ortho intramolecular Hbond substituents is 2. The van der Waals surface area contributed by atoms with Gasteiger partial charge in [0.25, 0.3) is 0 Å². The molecule has 0 radical (unpaired) electrons. The maximum Gasteiger partial charge on any atom is 0.237 e. The minimum Gasteiger partial charge on any atom is -0.507 e. The first kappa shape index (κ1) is 37.8. The number of hydrogen-bond donors (Lipinski definition) is 8. The lowest BCUT2D eigenvalue weighted by Gasteiger charge is -2.26. The molecular formula is C26H34Br2N8O8. The van der Waals surface area contributed by atoms with Crippen molar-refractivity contribution in [2.24, 2.45) is 22.9 Å². The van der Waals surface area contributed by atoms with E-state index in [-0.39, 0.29) is 120 Å². The Morgan fingerprint density at radius 3 is 1.27 bits per heavy atom. The van der Waals surface area contributed by atoms with Gasteiger partial charge < -0.3 is 53.6 Å². The zero-order chi connectivity index (χ0) is 31.1. The topological polar surface area (TPSA) is 277 Å². The molecule has 240 valence electrons. The fourth-order valence-electron chi connectivity index (χ4n) is 4.53. The molecular weight excluding hydrogens is 712 g/mol. The molecule has 0 saturated heterocycles. The Morgan fingerprint density at radius 2 is 0.977 bits per heavy atom. The Hall–Kier alpha value is -4.26. The van der Waals surface area contributed by atoms with Gasteiger partial charge in [-0.15, -0.1) is 34.0 Å². The molecule has 0 spiro atoms. The standard InChI is InChI=1S/C26H32N8O8.2BrH/c27-9-19(39)33(11-17(29)37)7-5-31-13-1-2-14(32-6-8-34(12-18(30)38)20(40)10-28)22-21(13)25(41)23-15(35)3-4-16(36)24(23)26(22)42;;/h1-4,31-32,35-36H,5-12,27-28H2,(H2,29,37)(H2,30,38);2*1H. The monoisotopic (exact) mass is 744 g/mol. The molecule has 44 heavy (non-hydrogen) atoms. The van der Waals surface area contributed by atoms with Crippen LogP contribution in [0.5, 0.6) is 11.5 Å². The molecule has 3 rings (SSSR count). The Kier molecular flexibility index (Phi) is 14.2. The summed E-state index contributed by atoms with van der Waals surface area (Å²) >= 11 is 0. The summed E-state index contributed by atoms with van der Waals surface area (Å²) in [5, 5.41) is 26.8. The van der Waals surface area contributed by atoms with Crippen LogP contribution in [0.25, 0.3) is 0 Å². The summed E-state index contributed by atoms with van der Waals surface area (Å²) < 4.78 is 0. The molecule has 1 aliphatic rings. The van der Waals surface area contributed by atoms with Crippen molar-refractivity contribution in [1.29, 1.82) is 0 Å². The highest BCUT2D eigenvalue weighted by atomic mass is 79.9. The molecule has 0 bridgehead atoms. The van der Waals surface area contributed by atoms with E-state index in [1.807, 2.05) is 0 Å². The van der Waals surface area contributed by atoms with Gasteiger partial charge in [0.1, 0.15) is 11.5 Å². The lowest BCUT2D eigenvalue weighted by Crippen LogP contribution is -2.44. The fourth-order valence-corrected chi connectivity index (χ4v) is 4.53. The second kappa shape index (κ2) is 16.6. The lowest BCUT2D eigenvalue weighted by atomic mass is 9.81. The number of nitrogens with one attached hydrogen (secondary N) is 2. The molecule has 0 aromatic heterocycles. The van der Waals surface area contributed by atoms with E-state index in [1.165, 1.54) is 12.1 Å². The number of benzene rings is 2.